The summed E-state index contributed by atoms with van der Waals surface area (Å²) in [6.45, 7) is 4.62. The monoisotopic (exact) mass is 436 g/mol. The molecule has 7 nitrogen and oxygen atoms in total. The van der Waals surface area contributed by atoms with Crippen LogP contribution in [-0.4, -0.2) is 46.6 Å². The number of nitrogens with zero attached hydrogens (tertiary/aromatic N) is 2. The van der Waals surface area contributed by atoms with E-state index in [2.05, 4.69) is 31.2 Å². The molecule has 1 aromatic heterocycles. The number of amides is 2. The van der Waals surface area contributed by atoms with Gasteiger partial charge in [0.2, 0.25) is 5.91 Å². The molecule has 3 rings (SSSR count). The van der Waals surface area contributed by atoms with E-state index >= 15 is 0 Å². The number of hydrogen-bond donors (Lipinski definition) is 2. The van der Waals surface area contributed by atoms with Crippen molar-refractivity contribution in [2.75, 3.05) is 13.7 Å². The van der Waals surface area contributed by atoms with Gasteiger partial charge in [-0.25, -0.2) is 9.78 Å². The zero-order valence-corrected chi connectivity index (χ0v) is 17.4. The summed E-state index contributed by atoms with van der Waals surface area (Å²) in [6, 6.07) is 5.15. The van der Waals surface area contributed by atoms with Crippen molar-refractivity contribution in [2.45, 2.75) is 45.2 Å². The molecule has 0 spiro atoms. The lowest BCUT2D eigenvalue weighted by Gasteiger charge is -2.30. The number of hydrogen-bond acceptors (Lipinski definition) is 4. The molecule has 0 saturated carbocycles. The Morgan fingerprint density at radius 3 is 2.96 bits per heavy atom. The Morgan fingerprint density at radius 2 is 2.26 bits per heavy atom. The highest BCUT2D eigenvalue weighted by Crippen LogP contribution is 2.33. The molecule has 0 unspecified atom stereocenters. The summed E-state index contributed by atoms with van der Waals surface area (Å²) in [6.07, 6.45) is 1.94. The van der Waals surface area contributed by atoms with Gasteiger partial charge >= 0.3 is 6.09 Å². The molecular weight excluding hydrogens is 412 g/mol. The molecule has 1 aliphatic heterocycles. The zero-order valence-electron chi connectivity index (χ0n) is 15.8. The SMILES string of the molecule is CC[C@H](C)[C@H](NC(=O)OC)C(=O)N1CCC[C@@H]1c1nc2ccc(Br)cc2[nH]1. The lowest BCUT2D eigenvalue weighted by atomic mass is 9.97. The van der Waals surface area contributed by atoms with Crippen molar-refractivity contribution in [1.82, 2.24) is 20.2 Å². The number of H-pyrrole nitrogens is 1. The molecule has 1 aromatic carbocycles. The van der Waals surface area contributed by atoms with E-state index in [-0.39, 0.29) is 17.9 Å². The van der Waals surface area contributed by atoms with Gasteiger partial charge in [-0.2, -0.15) is 0 Å². The average molecular weight is 437 g/mol. The molecule has 0 aliphatic carbocycles. The van der Waals surface area contributed by atoms with Gasteiger partial charge in [-0.05, 0) is 37.0 Å². The van der Waals surface area contributed by atoms with E-state index in [9.17, 15) is 9.59 Å². The lowest BCUT2D eigenvalue weighted by Crippen LogP contribution is -2.51. The maximum Gasteiger partial charge on any atom is 0.407 e. The first kappa shape index (κ1) is 19.7. The van der Waals surface area contributed by atoms with E-state index in [1.165, 1.54) is 7.11 Å². The number of alkyl carbamates (subject to hydrolysis) is 1. The Labute approximate surface area is 167 Å². The molecule has 146 valence electrons. The van der Waals surface area contributed by atoms with Gasteiger partial charge in [0.05, 0.1) is 24.2 Å². The lowest BCUT2D eigenvalue weighted by molar-refractivity contribution is -0.135. The number of methoxy groups -OCH3 is 1. The fourth-order valence-corrected chi connectivity index (χ4v) is 3.88. The Bertz CT molecular complexity index is 837. The standard InChI is InChI=1S/C19H25BrN4O3/c1-4-11(2)16(23-19(26)27-3)18(25)24-9-5-6-15(24)17-21-13-8-7-12(20)10-14(13)22-17/h7-8,10-11,15-16H,4-6,9H2,1-3H3,(H,21,22)(H,23,26)/t11-,15+,16-/m0/s1. The van der Waals surface area contributed by atoms with Crippen molar-refractivity contribution in [3.63, 3.8) is 0 Å². The van der Waals surface area contributed by atoms with Gasteiger partial charge in [0, 0.05) is 11.0 Å². The normalized spacial score (nSPS) is 19.1. The van der Waals surface area contributed by atoms with Gasteiger partial charge in [-0.15, -0.1) is 0 Å². The summed E-state index contributed by atoms with van der Waals surface area (Å²) in [5.41, 5.74) is 1.81. The first-order valence-corrected chi connectivity index (χ1v) is 10.0. The number of carbonyl (C=O) groups excluding carboxylic acids is 2. The second kappa shape index (κ2) is 8.29. The molecular formula is C19H25BrN4O3. The number of halogens is 1. The van der Waals surface area contributed by atoms with E-state index < -0.39 is 12.1 Å². The number of rotatable bonds is 5. The molecule has 2 N–H and O–H groups in total. The van der Waals surface area contributed by atoms with Gasteiger partial charge in [-0.3, -0.25) is 4.79 Å². The first-order valence-electron chi connectivity index (χ1n) is 9.24. The van der Waals surface area contributed by atoms with Crippen LogP contribution in [0.3, 0.4) is 0 Å². The van der Waals surface area contributed by atoms with Crippen molar-refractivity contribution >= 4 is 39.0 Å². The maximum atomic E-state index is 13.3. The Balaban J connectivity index is 1.86. The van der Waals surface area contributed by atoms with E-state index in [0.717, 1.165) is 40.6 Å². The summed E-state index contributed by atoms with van der Waals surface area (Å²) in [4.78, 5) is 34.9. The molecule has 0 radical (unpaired) electrons. The van der Waals surface area contributed by atoms with Crippen LogP contribution < -0.4 is 5.32 Å². The second-order valence-corrected chi connectivity index (χ2v) is 7.89. The second-order valence-electron chi connectivity index (χ2n) is 6.97. The minimum atomic E-state index is -0.610. The van der Waals surface area contributed by atoms with Crippen LogP contribution in [0, 0.1) is 5.92 Å². The topological polar surface area (TPSA) is 87.3 Å². The van der Waals surface area contributed by atoms with E-state index in [4.69, 9.17) is 4.74 Å². The van der Waals surface area contributed by atoms with E-state index in [0.29, 0.717) is 6.54 Å². The van der Waals surface area contributed by atoms with Crippen molar-refractivity contribution in [2.24, 2.45) is 5.92 Å². The van der Waals surface area contributed by atoms with Crippen molar-refractivity contribution in [1.29, 1.82) is 0 Å². The number of nitrogens with one attached hydrogen (secondary N) is 2. The van der Waals surface area contributed by atoms with E-state index in [1.807, 2.05) is 36.9 Å². The first-order chi connectivity index (χ1) is 12.9. The summed E-state index contributed by atoms with van der Waals surface area (Å²) in [7, 11) is 1.30. The largest absolute Gasteiger partial charge is 0.453 e. The quantitative estimate of drug-likeness (QED) is 0.746. The number of likely N-dealkylation sites (tertiary alicyclic amines) is 1. The molecule has 0 bridgehead atoms. The van der Waals surface area contributed by atoms with Gasteiger partial charge in [-0.1, -0.05) is 36.2 Å². The average Bonchev–Trinajstić information content (AvgIpc) is 3.30. The van der Waals surface area contributed by atoms with Gasteiger partial charge in [0.25, 0.3) is 0 Å². The van der Waals surface area contributed by atoms with Crippen LogP contribution in [0.2, 0.25) is 0 Å². The van der Waals surface area contributed by atoms with Gasteiger partial charge in [0.1, 0.15) is 11.9 Å². The summed E-state index contributed by atoms with van der Waals surface area (Å²) in [5, 5.41) is 2.71. The van der Waals surface area contributed by atoms with Crippen LogP contribution in [0.15, 0.2) is 22.7 Å². The molecule has 2 aromatic rings. The minimum absolute atomic E-state index is 0.00415. The molecule has 2 amide bonds. The fourth-order valence-electron chi connectivity index (χ4n) is 3.52. The van der Waals surface area contributed by atoms with Crippen LogP contribution >= 0.6 is 15.9 Å². The highest BCUT2D eigenvalue weighted by molar-refractivity contribution is 9.10. The summed E-state index contributed by atoms with van der Waals surface area (Å²) < 4.78 is 5.68. The molecule has 27 heavy (non-hydrogen) atoms. The summed E-state index contributed by atoms with van der Waals surface area (Å²) in [5.74, 6) is 0.707. The Morgan fingerprint density at radius 1 is 1.48 bits per heavy atom. The molecule has 1 aliphatic rings. The smallest absolute Gasteiger partial charge is 0.407 e. The van der Waals surface area contributed by atoms with Gasteiger partial charge < -0.3 is 19.9 Å². The van der Waals surface area contributed by atoms with Crippen LogP contribution in [-0.2, 0) is 9.53 Å². The predicted octanol–water partition coefficient (Wildman–Crippen LogP) is 3.76. The highest BCUT2D eigenvalue weighted by Gasteiger charge is 2.38. The van der Waals surface area contributed by atoms with Crippen molar-refractivity contribution in [3.05, 3.63) is 28.5 Å². The van der Waals surface area contributed by atoms with Crippen LogP contribution in [0.4, 0.5) is 4.79 Å². The third kappa shape index (κ3) is 4.10. The van der Waals surface area contributed by atoms with Crippen LogP contribution in [0.25, 0.3) is 11.0 Å². The molecule has 1 saturated heterocycles. The molecule has 8 heteroatoms. The predicted molar refractivity (Wildman–Crippen MR) is 106 cm³/mol. The molecule has 3 atom stereocenters. The number of aromatic nitrogens is 2. The van der Waals surface area contributed by atoms with Crippen LogP contribution in [0.5, 0.6) is 0 Å². The third-order valence-electron chi connectivity index (χ3n) is 5.25. The third-order valence-corrected chi connectivity index (χ3v) is 5.74. The number of fused-ring (bicyclic) bond motifs is 1. The highest BCUT2D eigenvalue weighted by atomic mass is 79.9. The number of benzene rings is 1. The molecule has 2 heterocycles. The van der Waals surface area contributed by atoms with Gasteiger partial charge in [0.15, 0.2) is 0 Å². The molecule has 1 fully saturated rings. The number of aromatic amines is 1. The Kier molecular flexibility index (Phi) is 6.04. The number of ether oxygens (including phenoxy) is 1. The minimum Gasteiger partial charge on any atom is -0.453 e. The fraction of sp³-hybridized carbons (Fsp3) is 0.526. The summed E-state index contributed by atoms with van der Waals surface area (Å²) >= 11 is 3.47. The van der Waals surface area contributed by atoms with Crippen molar-refractivity contribution < 1.29 is 14.3 Å². The number of imidazole rings is 1. The maximum absolute atomic E-state index is 13.3. The van der Waals surface area contributed by atoms with Crippen LogP contribution in [0.1, 0.15) is 45.0 Å². The Hall–Kier alpha value is -2.09. The van der Waals surface area contributed by atoms with Crippen molar-refractivity contribution in [3.8, 4) is 0 Å². The van der Waals surface area contributed by atoms with E-state index in [1.54, 1.807) is 0 Å². The zero-order chi connectivity index (χ0) is 19.6. The number of carbonyl (C=O) groups is 2.